The number of hydrogen-bond acceptors (Lipinski definition) is 6. The van der Waals surface area contributed by atoms with E-state index in [-0.39, 0.29) is 17.3 Å². The van der Waals surface area contributed by atoms with Gasteiger partial charge >= 0.3 is 5.69 Å². The van der Waals surface area contributed by atoms with Crippen molar-refractivity contribution in [2.45, 2.75) is 13.8 Å². The molecule has 0 atom stereocenters. The smallest absolute Gasteiger partial charge is 0.334 e. The van der Waals surface area contributed by atoms with E-state index in [9.17, 15) is 10.1 Å². The summed E-state index contributed by atoms with van der Waals surface area (Å²) >= 11 is 6.03. The molecule has 156 valence electrons. The van der Waals surface area contributed by atoms with Crippen molar-refractivity contribution < 1.29 is 4.92 Å². The topological polar surface area (TPSA) is 84.2 Å². The third kappa shape index (κ3) is 4.00. The number of nitrogens with one attached hydrogen (secondary N) is 1. The second kappa shape index (κ2) is 8.57. The van der Waals surface area contributed by atoms with Gasteiger partial charge in [0.1, 0.15) is 6.33 Å². The van der Waals surface area contributed by atoms with Gasteiger partial charge in [-0.05, 0) is 49.1 Å². The SMILES string of the molecule is CCN(c1ncnc(Nc2ccc(Cl)cc2C)c1[N+](=O)[O-])c1cccc2ccccc12. The second-order valence-electron chi connectivity index (χ2n) is 6.98. The van der Waals surface area contributed by atoms with Crippen molar-refractivity contribution in [1.29, 1.82) is 0 Å². The van der Waals surface area contributed by atoms with Gasteiger partial charge in [0.15, 0.2) is 0 Å². The lowest BCUT2D eigenvalue weighted by atomic mass is 10.1. The molecule has 1 heterocycles. The van der Waals surface area contributed by atoms with Gasteiger partial charge < -0.3 is 10.2 Å². The van der Waals surface area contributed by atoms with E-state index in [1.54, 1.807) is 18.2 Å². The number of halogens is 1. The van der Waals surface area contributed by atoms with Crippen molar-refractivity contribution in [1.82, 2.24) is 9.97 Å². The molecule has 0 aliphatic heterocycles. The highest BCUT2D eigenvalue weighted by Crippen LogP contribution is 2.39. The normalized spacial score (nSPS) is 10.8. The predicted molar refractivity (Wildman–Crippen MR) is 125 cm³/mol. The molecule has 0 radical (unpaired) electrons. The fourth-order valence-corrected chi connectivity index (χ4v) is 3.83. The van der Waals surface area contributed by atoms with Crippen LogP contribution in [0.4, 0.5) is 28.7 Å². The maximum absolute atomic E-state index is 12.1. The van der Waals surface area contributed by atoms with Crippen LogP contribution >= 0.6 is 11.6 Å². The molecule has 3 aromatic carbocycles. The van der Waals surface area contributed by atoms with E-state index in [4.69, 9.17) is 11.6 Å². The third-order valence-corrected chi connectivity index (χ3v) is 5.29. The standard InChI is InChI=1S/C23H20ClN5O2/c1-3-28(20-10-6-8-16-7-4-5-9-18(16)20)23-21(29(30)31)22(25-14-26-23)27-19-12-11-17(24)13-15(19)2/h4-14H,3H2,1-2H3,(H,25,26,27). The Balaban J connectivity index is 1.85. The molecule has 4 rings (SSSR count). The first-order chi connectivity index (χ1) is 15.0. The van der Waals surface area contributed by atoms with Gasteiger partial charge in [0.2, 0.25) is 11.6 Å². The maximum Gasteiger partial charge on any atom is 0.354 e. The van der Waals surface area contributed by atoms with Crippen LogP contribution in [0.25, 0.3) is 10.8 Å². The van der Waals surface area contributed by atoms with Gasteiger partial charge in [-0.3, -0.25) is 10.1 Å². The first-order valence-electron chi connectivity index (χ1n) is 9.77. The molecule has 0 aliphatic carbocycles. The van der Waals surface area contributed by atoms with Crippen molar-refractivity contribution in [3.05, 3.63) is 87.7 Å². The van der Waals surface area contributed by atoms with Crippen LogP contribution in [0.1, 0.15) is 12.5 Å². The van der Waals surface area contributed by atoms with Crippen LogP contribution in [0.15, 0.2) is 67.0 Å². The molecule has 0 spiro atoms. The fraction of sp³-hybridized carbons (Fsp3) is 0.130. The number of aromatic nitrogens is 2. The molecule has 0 bridgehead atoms. The van der Waals surface area contributed by atoms with Crippen LogP contribution in [0, 0.1) is 17.0 Å². The Morgan fingerprint density at radius 3 is 2.61 bits per heavy atom. The van der Waals surface area contributed by atoms with Crippen molar-refractivity contribution in [2.24, 2.45) is 0 Å². The summed E-state index contributed by atoms with van der Waals surface area (Å²) in [5.74, 6) is 0.354. The fourth-order valence-electron chi connectivity index (χ4n) is 3.60. The van der Waals surface area contributed by atoms with Gasteiger partial charge in [0, 0.05) is 22.6 Å². The number of hydrogen-bond donors (Lipinski definition) is 1. The predicted octanol–water partition coefficient (Wildman–Crippen LogP) is 6.40. The first kappa shape index (κ1) is 20.6. The number of anilines is 4. The van der Waals surface area contributed by atoms with Crippen LogP contribution in [-0.2, 0) is 0 Å². The number of nitro groups is 1. The minimum Gasteiger partial charge on any atom is -0.334 e. The first-order valence-corrected chi connectivity index (χ1v) is 10.1. The highest BCUT2D eigenvalue weighted by molar-refractivity contribution is 6.30. The summed E-state index contributed by atoms with van der Waals surface area (Å²) in [5, 5.41) is 17.8. The van der Waals surface area contributed by atoms with Gasteiger partial charge in [-0.2, -0.15) is 0 Å². The molecular weight excluding hydrogens is 414 g/mol. The quantitative estimate of drug-likeness (QED) is 0.279. The molecule has 0 unspecified atom stereocenters. The lowest BCUT2D eigenvalue weighted by molar-refractivity contribution is -0.383. The van der Waals surface area contributed by atoms with E-state index in [2.05, 4.69) is 15.3 Å². The highest BCUT2D eigenvalue weighted by Gasteiger charge is 2.28. The zero-order chi connectivity index (χ0) is 22.0. The molecule has 0 aliphatic rings. The Kier molecular flexibility index (Phi) is 5.68. The van der Waals surface area contributed by atoms with Crippen molar-refractivity contribution >= 4 is 51.1 Å². The van der Waals surface area contributed by atoms with Crippen LogP contribution in [0.3, 0.4) is 0 Å². The van der Waals surface area contributed by atoms with Gasteiger partial charge in [-0.15, -0.1) is 0 Å². The summed E-state index contributed by atoms with van der Waals surface area (Å²) in [6.07, 6.45) is 1.34. The van der Waals surface area contributed by atoms with Crippen LogP contribution in [0.5, 0.6) is 0 Å². The van der Waals surface area contributed by atoms with Gasteiger partial charge in [-0.1, -0.05) is 48.0 Å². The molecule has 0 saturated heterocycles. The average Bonchev–Trinajstić information content (AvgIpc) is 2.76. The number of benzene rings is 3. The number of nitrogens with zero attached hydrogens (tertiary/aromatic N) is 4. The number of rotatable bonds is 6. The molecule has 4 aromatic rings. The summed E-state index contributed by atoms with van der Waals surface area (Å²) in [6, 6.07) is 19.1. The zero-order valence-electron chi connectivity index (χ0n) is 17.0. The van der Waals surface area contributed by atoms with Gasteiger partial charge in [-0.25, -0.2) is 9.97 Å². The summed E-state index contributed by atoms with van der Waals surface area (Å²) in [7, 11) is 0. The Morgan fingerprint density at radius 2 is 1.87 bits per heavy atom. The largest absolute Gasteiger partial charge is 0.354 e. The van der Waals surface area contributed by atoms with Crippen molar-refractivity contribution in [3.63, 3.8) is 0 Å². The second-order valence-corrected chi connectivity index (χ2v) is 7.41. The van der Waals surface area contributed by atoms with E-state index in [0.717, 1.165) is 22.0 Å². The minimum atomic E-state index is -0.448. The molecular formula is C23H20ClN5O2. The monoisotopic (exact) mass is 433 g/mol. The molecule has 7 nitrogen and oxygen atoms in total. The molecule has 1 N–H and O–H groups in total. The molecule has 0 amide bonds. The lowest BCUT2D eigenvalue weighted by Gasteiger charge is -2.24. The zero-order valence-corrected chi connectivity index (χ0v) is 17.8. The third-order valence-electron chi connectivity index (χ3n) is 5.06. The summed E-state index contributed by atoms with van der Waals surface area (Å²) in [5.41, 5.74) is 2.19. The number of fused-ring (bicyclic) bond motifs is 1. The summed E-state index contributed by atoms with van der Waals surface area (Å²) in [6.45, 7) is 4.30. The molecule has 0 fully saturated rings. The minimum absolute atomic E-state index is 0.124. The van der Waals surface area contributed by atoms with Crippen LogP contribution in [0.2, 0.25) is 5.02 Å². The average molecular weight is 434 g/mol. The van der Waals surface area contributed by atoms with E-state index in [1.807, 2.05) is 61.2 Å². The van der Waals surface area contributed by atoms with Crippen LogP contribution in [-0.4, -0.2) is 21.4 Å². The molecule has 31 heavy (non-hydrogen) atoms. The maximum atomic E-state index is 12.1. The summed E-state index contributed by atoms with van der Waals surface area (Å²) < 4.78 is 0. The van der Waals surface area contributed by atoms with Crippen LogP contribution < -0.4 is 10.2 Å². The van der Waals surface area contributed by atoms with Crippen molar-refractivity contribution in [2.75, 3.05) is 16.8 Å². The van der Waals surface area contributed by atoms with Crippen molar-refractivity contribution in [3.8, 4) is 0 Å². The Bertz CT molecular complexity index is 1270. The summed E-state index contributed by atoms with van der Waals surface area (Å²) in [4.78, 5) is 22.0. The molecule has 1 aromatic heterocycles. The van der Waals surface area contributed by atoms with Gasteiger partial charge in [0.05, 0.1) is 10.6 Å². The lowest BCUT2D eigenvalue weighted by Crippen LogP contribution is -2.20. The molecule has 8 heteroatoms. The van der Waals surface area contributed by atoms with E-state index < -0.39 is 4.92 Å². The number of aryl methyl sites for hydroxylation is 1. The van der Waals surface area contributed by atoms with Gasteiger partial charge in [0.25, 0.3) is 0 Å². The highest BCUT2D eigenvalue weighted by atomic mass is 35.5. The molecule has 0 saturated carbocycles. The Labute approximate surface area is 184 Å². The van der Waals surface area contributed by atoms with E-state index in [0.29, 0.717) is 17.3 Å². The Morgan fingerprint density at radius 1 is 1.10 bits per heavy atom. The van der Waals surface area contributed by atoms with E-state index in [1.165, 1.54) is 6.33 Å². The Hall–Kier alpha value is -3.71. The van der Waals surface area contributed by atoms with E-state index >= 15 is 0 Å².